The summed E-state index contributed by atoms with van der Waals surface area (Å²) >= 11 is 0. The number of carbonyl (C=O) groups is 2. The molecule has 0 saturated carbocycles. The van der Waals surface area contributed by atoms with Gasteiger partial charge in [-0.25, -0.2) is 9.48 Å². The predicted octanol–water partition coefficient (Wildman–Crippen LogP) is 3.14. The number of nitrogens with zero attached hydrogens (tertiary/aromatic N) is 4. The number of carbonyl (C=O) groups excluding carboxylic acids is 2. The van der Waals surface area contributed by atoms with E-state index in [4.69, 9.17) is 4.74 Å². The van der Waals surface area contributed by atoms with Gasteiger partial charge in [0.2, 0.25) is 5.91 Å². The Bertz CT molecular complexity index is 877. The molecule has 8 heteroatoms. The summed E-state index contributed by atoms with van der Waals surface area (Å²) in [4.78, 5) is 29.1. The van der Waals surface area contributed by atoms with Gasteiger partial charge >= 0.3 is 6.09 Å². The Morgan fingerprint density at radius 3 is 2.74 bits per heavy atom. The molecule has 0 spiro atoms. The minimum absolute atomic E-state index is 0.0230. The Balaban J connectivity index is 1.31. The predicted molar refractivity (Wildman–Crippen MR) is 118 cm³/mol. The summed E-state index contributed by atoms with van der Waals surface area (Å²) in [5, 5.41) is 7.35. The normalized spacial score (nSPS) is 20.4. The molecule has 4 rings (SSSR count). The van der Waals surface area contributed by atoms with Gasteiger partial charge in [0.25, 0.3) is 0 Å². The quantitative estimate of drug-likeness (QED) is 0.796. The van der Waals surface area contributed by atoms with Gasteiger partial charge in [-0.05, 0) is 63.4 Å². The van der Waals surface area contributed by atoms with Crippen LogP contribution >= 0.6 is 0 Å². The van der Waals surface area contributed by atoms with Crippen LogP contribution in [0.1, 0.15) is 32.6 Å². The molecule has 2 saturated heterocycles. The van der Waals surface area contributed by atoms with Crippen LogP contribution in [0.25, 0.3) is 5.69 Å². The highest BCUT2D eigenvalue weighted by atomic mass is 16.6. The lowest BCUT2D eigenvalue weighted by Gasteiger charge is -2.41. The van der Waals surface area contributed by atoms with Crippen LogP contribution in [0.5, 0.6) is 0 Å². The second kappa shape index (κ2) is 9.96. The van der Waals surface area contributed by atoms with Crippen molar-refractivity contribution in [2.75, 3.05) is 38.1 Å². The van der Waals surface area contributed by atoms with Crippen LogP contribution in [-0.4, -0.2) is 70.4 Å². The van der Waals surface area contributed by atoms with Crippen molar-refractivity contribution in [2.45, 2.75) is 38.6 Å². The minimum Gasteiger partial charge on any atom is -0.450 e. The van der Waals surface area contributed by atoms with Gasteiger partial charge in [-0.1, -0.05) is 6.07 Å². The van der Waals surface area contributed by atoms with Crippen molar-refractivity contribution in [1.29, 1.82) is 0 Å². The molecule has 1 aromatic heterocycles. The van der Waals surface area contributed by atoms with Gasteiger partial charge in [0.05, 0.1) is 18.2 Å². The van der Waals surface area contributed by atoms with E-state index >= 15 is 0 Å². The molecule has 0 aliphatic carbocycles. The van der Waals surface area contributed by atoms with Gasteiger partial charge in [0, 0.05) is 43.8 Å². The van der Waals surface area contributed by atoms with E-state index < -0.39 is 0 Å². The van der Waals surface area contributed by atoms with E-state index in [-0.39, 0.29) is 17.9 Å². The van der Waals surface area contributed by atoms with Crippen LogP contribution in [0.2, 0.25) is 0 Å². The van der Waals surface area contributed by atoms with Crippen molar-refractivity contribution < 1.29 is 14.3 Å². The zero-order valence-corrected chi connectivity index (χ0v) is 18.1. The first kappa shape index (κ1) is 21.4. The van der Waals surface area contributed by atoms with E-state index in [0.29, 0.717) is 12.6 Å². The van der Waals surface area contributed by atoms with Crippen LogP contribution in [0.15, 0.2) is 42.7 Å². The molecule has 0 bridgehead atoms. The Hall–Kier alpha value is -2.87. The Morgan fingerprint density at radius 2 is 2.00 bits per heavy atom. The van der Waals surface area contributed by atoms with Gasteiger partial charge in [-0.3, -0.25) is 9.69 Å². The fourth-order valence-corrected chi connectivity index (χ4v) is 4.57. The first-order valence-electron chi connectivity index (χ1n) is 11.2. The third-order valence-corrected chi connectivity index (χ3v) is 6.21. The number of amides is 2. The molecule has 8 nitrogen and oxygen atoms in total. The highest BCUT2D eigenvalue weighted by Crippen LogP contribution is 2.25. The molecule has 2 amide bonds. The second-order valence-corrected chi connectivity index (χ2v) is 8.24. The summed E-state index contributed by atoms with van der Waals surface area (Å²) in [6.45, 7) is 5.47. The molecule has 1 unspecified atom stereocenters. The summed E-state index contributed by atoms with van der Waals surface area (Å²) < 4.78 is 6.89. The molecule has 1 N–H and O–H groups in total. The average Bonchev–Trinajstić information content (AvgIpc) is 3.35. The first-order valence-corrected chi connectivity index (χ1v) is 11.2. The third kappa shape index (κ3) is 5.25. The number of rotatable bonds is 5. The monoisotopic (exact) mass is 425 g/mol. The standard InChI is InChI=1S/C23H31N5O3/c1-2-31-23(30)26-14-9-20(10-15-26)27-12-4-6-18(17-27)22(29)25-19-7-3-8-21(16-19)28-13-5-11-24-28/h3,5,7-8,11,13,16,18,20H,2,4,6,9-10,12,14-15,17H2,1H3,(H,25,29). The minimum atomic E-state index is -0.214. The van der Waals surface area contributed by atoms with E-state index in [1.807, 2.05) is 43.5 Å². The lowest BCUT2D eigenvalue weighted by molar-refractivity contribution is -0.122. The molecule has 2 aromatic rings. The van der Waals surface area contributed by atoms with Crippen molar-refractivity contribution >= 4 is 17.7 Å². The maximum atomic E-state index is 13.0. The van der Waals surface area contributed by atoms with Gasteiger partial charge < -0.3 is 15.0 Å². The highest BCUT2D eigenvalue weighted by Gasteiger charge is 2.32. The van der Waals surface area contributed by atoms with E-state index in [1.54, 1.807) is 15.8 Å². The number of anilines is 1. The molecule has 1 aromatic carbocycles. The number of hydrogen-bond acceptors (Lipinski definition) is 5. The number of hydrogen-bond donors (Lipinski definition) is 1. The number of benzene rings is 1. The molecule has 0 radical (unpaired) electrons. The lowest BCUT2D eigenvalue weighted by Crippen LogP contribution is -2.51. The van der Waals surface area contributed by atoms with Crippen LogP contribution < -0.4 is 5.32 Å². The summed E-state index contributed by atoms with van der Waals surface area (Å²) in [6, 6.07) is 10.0. The number of likely N-dealkylation sites (tertiary alicyclic amines) is 2. The van der Waals surface area contributed by atoms with Crippen LogP contribution in [0.3, 0.4) is 0 Å². The number of nitrogens with one attached hydrogen (secondary N) is 1. The first-order chi connectivity index (χ1) is 15.1. The summed E-state index contributed by atoms with van der Waals surface area (Å²) in [5.41, 5.74) is 1.71. The van der Waals surface area contributed by atoms with Crippen molar-refractivity contribution in [3.63, 3.8) is 0 Å². The van der Waals surface area contributed by atoms with Gasteiger partial charge in [0.15, 0.2) is 0 Å². The largest absolute Gasteiger partial charge is 0.450 e. The molecular formula is C23H31N5O3. The fourth-order valence-electron chi connectivity index (χ4n) is 4.57. The van der Waals surface area contributed by atoms with Crippen molar-refractivity contribution in [3.05, 3.63) is 42.7 Å². The summed E-state index contributed by atoms with van der Waals surface area (Å²) in [6.07, 6.45) is 7.19. The molecule has 2 fully saturated rings. The van der Waals surface area contributed by atoms with Crippen LogP contribution in [0.4, 0.5) is 10.5 Å². The van der Waals surface area contributed by atoms with Crippen molar-refractivity contribution in [2.24, 2.45) is 5.92 Å². The van der Waals surface area contributed by atoms with Gasteiger partial charge in [-0.2, -0.15) is 5.10 Å². The fraction of sp³-hybridized carbons (Fsp3) is 0.522. The number of aromatic nitrogens is 2. The maximum absolute atomic E-state index is 13.0. The summed E-state index contributed by atoms with van der Waals surface area (Å²) in [7, 11) is 0. The van der Waals surface area contributed by atoms with Gasteiger partial charge in [0.1, 0.15) is 0 Å². The molecule has 1 atom stereocenters. The topological polar surface area (TPSA) is 79.7 Å². The van der Waals surface area contributed by atoms with Crippen LogP contribution in [-0.2, 0) is 9.53 Å². The Morgan fingerprint density at radius 1 is 1.16 bits per heavy atom. The van der Waals surface area contributed by atoms with Crippen molar-refractivity contribution in [3.8, 4) is 5.69 Å². The Labute approximate surface area is 183 Å². The SMILES string of the molecule is CCOC(=O)N1CCC(N2CCCC(C(=O)Nc3cccc(-n4cccn4)c3)C2)CC1. The van der Waals surface area contributed by atoms with E-state index in [2.05, 4.69) is 15.3 Å². The number of ether oxygens (including phenoxy) is 1. The summed E-state index contributed by atoms with van der Waals surface area (Å²) in [5.74, 6) is 0.0523. The molecule has 166 valence electrons. The molecule has 2 aliphatic rings. The van der Waals surface area contributed by atoms with Gasteiger partial charge in [-0.15, -0.1) is 0 Å². The van der Waals surface area contributed by atoms with E-state index in [0.717, 1.165) is 63.2 Å². The smallest absolute Gasteiger partial charge is 0.409 e. The van der Waals surface area contributed by atoms with Crippen LogP contribution in [0, 0.1) is 5.92 Å². The maximum Gasteiger partial charge on any atom is 0.409 e. The van der Waals surface area contributed by atoms with E-state index in [9.17, 15) is 9.59 Å². The van der Waals surface area contributed by atoms with E-state index in [1.165, 1.54) is 0 Å². The highest BCUT2D eigenvalue weighted by molar-refractivity contribution is 5.93. The third-order valence-electron chi connectivity index (χ3n) is 6.21. The Kier molecular flexibility index (Phi) is 6.86. The molecule has 31 heavy (non-hydrogen) atoms. The lowest BCUT2D eigenvalue weighted by atomic mass is 9.93. The average molecular weight is 426 g/mol. The molecule has 3 heterocycles. The molecular weight excluding hydrogens is 394 g/mol. The van der Waals surface area contributed by atoms with Crippen molar-refractivity contribution in [1.82, 2.24) is 19.6 Å². The molecule has 2 aliphatic heterocycles. The second-order valence-electron chi connectivity index (χ2n) is 8.24. The zero-order chi connectivity index (χ0) is 21.6. The number of piperidine rings is 2. The zero-order valence-electron chi connectivity index (χ0n) is 18.1.